The Labute approximate surface area is 200 Å². The topological polar surface area (TPSA) is 73.8 Å². The molecule has 0 N–H and O–H groups in total. The fourth-order valence-corrected chi connectivity index (χ4v) is 8.30. The summed E-state index contributed by atoms with van der Waals surface area (Å²) in [6, 6.07) is 9.15. The van der Waals surface area contributed by atoms with Crippen LogP contribution in [0.4, 0.5) is 5.13 Å². The Morgan fingerprint density at radius 2 is 1.91 bits per heavy atom. The van der Waals surface area contributed by atoms with Gasteiger partial charge in [0.05, 0.1) is 15.6 Å². The lowest BCUT2D eigenvalue weighted by Crippen LogP contribution is -2.53. The number of halogens is 1. The standard InChI is InChI=1S/C21H23ClN4O3S3/c22-16-5-1-6-17-19(16)23-21(31-17)25-11-9-24(10-12-25)20(27)15-4-2-8-26(14-15)32(28,29)18-7-3-13-30-18/h1,3,5-7,13,15H,2,4,8-12,14H2. The first-order chi connectivity index (χ1) is 15.4. The second-order valence-electron chi connectivity index (χ2n) is 8.03. The van der Waals surface area contributed by atoms with Crippen LogP contribution in [0.15, 0.2) is 39.9 Å². The quantitative estimate of drug-likeness (QED) is 0.534. The zero-order valence-electron chi connectivity index (χ0n) is 17.3. The van der Waals surface area contributed by atoms with Crippen LogP contribution < -0.4 is 4.90 Å². The molecule has 11 heteroatoms. The summed E-state index contributed by atoms with van der Waals surface area (Å²) in [6.45, 7) is 3.35. The highest BCUT2D eigenvalue weighted by Crippen LogP contribution is 2.33. The van der Waals surface area contributed by atoms with Crippen LogP contribution in [0.5, 0.6) is 0 Å². The summed E-state index contributed by atoms with van der Waals surface area (Å²) in [5, 5.41) is 3.34. The van der Waals surface area contributed by atoms with E-state index < -0.39 is 10.0 Å². The van der Waals surface area contributed by atoms with Gasteiger partial charge in [-0.3, -0.25) is 4.79 Å². The third kappa shape index (κ3) is 4.14. The number of amides is 1. The van der Waals surface area contributed by atoms with Crippen LogP contribution in [-0.4, -0.2) is 67.8 Å². The third-order valence-electron chi connectivity index (χ3n) is 6.04. The Morgan fingerprint density at radius 1 is 1.09 bits per heavy atom. The SMILES string of the molecule is O=C(C1CCCN(S(=O)(=O)c2cccs2)C1)N1CCN(c2nc3c(Cl)cccc3s2)CC1. The molecule has 0 saturated carbocycles. The van der Waals surface area contributed by atoms with E-state index in [0.717, 1.165) is 21.8 Å². The van der Waals surface area contributed by atoms with Crippen molar-refractivity contribution < 1.29 is 13.2 Å². The van der Waals surface area contributed by atoms with E-state index in [1.807, 2.05) is 23.1 Å². The van der Waals surface area contributed by atoms with Gasteiger partial charge in [-0.15, -0.1) is 11.3 Å². The highest BCUT2D eigenvalue weighted by atomic mass is 35.5. The summed E-state index contributed by atoms with van der Waals surface area (Å²) in [4.78, 5) is 22.0. The number of nitrogens with zero attached hydrogens (tertiary/aromatic N) is 4. The number of benzene rings is 1. The van der Waals surface area contributed by atoms with E-state index in [4.69, 9.17) is 16.6 Å². The number of thiophene rings is 1. The number of aromatic nitrogens is 1. The molecule has 1 amide bonds. The zero-order chi connectivity index (χ0) is 22.3. The summed E-state index contributed by atoms with van der Waals surface area (Å²) in [5.74, 6) is -0.227. The van der Waals surface area contributed by atoms with Crippen molar-refractivity contribution in [1.29, 1.82) is 0 Å². The second kappa shape index (κ2) is 8.90. The first-order valence-corrected chi connectivity index (χ1v) is 14.1. The van der Waals surface area contributed by atoms with Gasteiger partial charge in [-0.2, -0.15) is 4.31 Å². The zero-order valence-corrected chi connectivity index (χ0v) is 20.5. The third-order valence-corrected chi connectivity index (χ3v) is 10.7. The first kappa shape index (κ1) is 22.1. The van der Waals surface area contributed by atoms with Gasteiger partial charge >= 0.3 is 0 Å². The Kier molecular flexibility index (Phi) is 6.15. The van der Waals surface area contributed by atoms with Crippen LogP contribution >= 0.6 is 34.3 Å². The molecule has 2 aromatic heterocycles. The minimum absolute atomic E-state index is 0.0584. The Morgan fingerprint density at radius 3 is 2.62 bits per heavy atom. The molecule has 2 fully saturated rings. The molecule has 7 nitrogen and oxygen atoms in total. The predicted molar refractivity (Wildman–Crippen MR) is 129 cm³/mol. The summed E-state index contributed by atoms with van der Waals surface area (Å²) in [6.07, 6.45) is 1.43. The van der Waals surface area contributed by atoms with Gasteiger partial charge in [-0.05, 0) is 36.4 Å². The number of rotatable bonds is 4. The van der Waals surface area contributed by atoms with Crippen LogP contribution in [0.25, 0.3) is 10.2 Å². The smallest absolute Gasteiger partial charge is 0.252 e. The lowest BCUT2D eigenvalue weighted by molar-refractivity contribution is -0.137. The van der Waals surface area contributed by atoms with Crippen molar-refractivity contribution in [2.24, 2.45) is 5.92 Å². The van der Waals surface area contributed by atoms with Crippen LogP contribution in [0, 0.1) is 5.92 Å². The lowest BCUT2D eigenvalue weighted by atomic mass is 9.98. The molecule has 0 bridgehead atoms. The van der Waals surface area contributed by atoms with Gasteiger partial charge in [-0.1, -0.05) is 35.1 Å². The molecular formula is C21H23ClN4O3S3. The molecule has 3 aromatic rings. The van der Waals surface area contributed by atoms with Crippen molar-refractivity contribution in [3.05, 3.63) is 40.7 Å². The number of carbonyl (C=O) groups excluding carboxylic acids is 1. The van der Waals surface area contributed by atoms with Crippen molar-refractivity contribution in [3.8, 4) is 0 Å². The maximum Gasteiger partial charge on any atom is 0.252 e. The van der Waals surface area contributed by atoms with Crippen LogP contribution in [-0.2, 0) is 14.8 Å². The van der Waals surface area contributed by atoms with Crippen molar-refractivity contribution in [3.63, 3.8) is 0 Å². The monoisotopic (exact) mass is 510 g/mol. The molecule has 2 aliphatic heterocycles. The number of fused-ring (bicyclic) bond motifs is 1. The molecule has 0 spiro atoms. The lowest BCUT2D eigenvalue weighted by Gasteiger charge is -2.38. The van der Waals surface area contributed by atoms with Gasteiger partial charge in [0.15, 0.2) is 5.13 Å². The first-order valence-electron chi connectivity index (χ1n) is 10.6. The van der Waals surface area contributed by atoms with E-state index >= 15 is 0 Å². The van der Waals surface area contributed by atoms with Gasteiger partial charge in [0.1, 0.15) is 9.73 Å². The number of hydrogen-bond donors (Lipinski definition) is 0. The van der Waals surface area contributed by atoms with Crippen LogP contribution in [0.2, 0.25) is 5.02 Å². The number of carbonyl (C=O) groups is 1. The summed E-state index contributed by atoms with van der Waals surface area (Å²) in [5.41, 5.74) is 0.821. The number of thiazole rings is 1. The fraction of sp³-hybridized carbons (Fsp3) is 0.429. The van der Waals surface area contributed by atoms with Gasteiger partial charge in [0, 0.05) is 39.3 Å². The number of para-hydroxylation sites is 1. The van der Waals surface area contributed by atoms with E-state index in [9.17, 15) is 13.2 Å². The van der Waals surface area contributed by atoms with E-state index in [-0.39, 0.29) is 18.4 Å². The molecule has 32 heavy (non-hydrogen) atoms. The van der Waals surface area contributed by atoms with Crippen molar-refractivity contribution in [2.75, 3.05) is 44.2 Å². The largest absolute Gasteiger partial charge is 0.345 e. The average molecular weight is 511 g/mol. The summed E-state index contributed by atoms with van der Waals surface area (Å²) < 4.78 is 28.6. The number of hydrogen-bond acceptors (Lipinski definition) is 7. The maximum atomic E-state index is 13.2. The Balaban J connectivity index is 1.22. The molecule has 0 radical (unpaired) electrons. The number of sulfonamides is 1. The van der Waals surface area contributed by atoms with E-state index in [0.29, 0.717) is 48.4 Å². The van der Waals surface area contributed by atoms with Crippen molar-refractivity contribution in [2.45, 2.75) is 17.1 Å². The Bertz CT molecular complexity index is 1220. The van der Waals surface area contributed by atoms with Gasteiger partial charge < -0.3 is 9.80 Å². The van der Waals surface area contributed by atoms with Gasteiger partial charge in [0.2, 0.25) is 5.91 Å². The van der Waals surface area contributed by atoms with E-state index in [1.165, 1.54) is 15.6 Å². The van der Waals surface area contributed by atoms with Gasteiger partial charge in [0.25, 0.3) is 10.0 Å². The maximum absolute atomic E-state index is 13.2. The highest BCUT2D eigenvalue weighted by molar-refractivity contribution is 7.91. The van der Waals surface area contributed by atoms with Crippen LogP contribution in [0.3, 0.4) is 0 Å². The van der Waals surface area contributed by atoms with E-state index in [1.54, 1.807) is 28.8 Å². The fourth-order valence-electron chi connectivity index (χ4n) is 4.31. The molecule has 1 aromatic carbocycles. The molecule has 0 aliphatic carbocycles. The molecule has 2 saturated heterocycles. The molecule has 1 atom stereocenters. The van der Waals surface area contributed by atoms with E-state index in [2.05, 4.69) is 4.90 Å². The van der Waals surface area contributed by atoms with Crippen LogP contribution in [0.1, 0.15) is 12.8 Å². The molecule has 5 rings (SSSR count). The normalized spacial score (nSPS) is 20.7. The minimum Gasteiger partial charge on any atom is -0.345 e. The molecule has 4 heterocycles. The Hall–Kier alpha value is -1.72. The minimum atomic E-state index is -3.52. The summed E-state index contributed by atoms with van der Waals surface area (Å²) in [7, 11) is -3.52. The second-order valence-corrected chi connectivity index (χ2v) is 12.6. The number of piperazine rings is 1. The van der Waals surface area contributed by atoms with Gasteiger partial charge in [-0.25, -0.2) is 13.4 Å². The average Bonchev–Trinajstić information content (AvgIpc) is 3.50. The highest BCUT2D eigenvalue weighted by Gasteiger charge is 2.36. The molecule has 170 valence electrons. The molecule has 2 aliphatic rings. The van der Waals surface area contributed by atoms with Crippen molar-refractivity contribution in [1.82, 2.24) is 14.2 Å². The number of piperidine rings is 1. The van der Waals surface area contributed by atoms with Crippen molar-refractivity contribution >= 4 is 65.6 Å². The summed E-state index contributed by atoms with van der Waals surface area (Å²) >= 11 is 9.09. The molecular weight excluding hydrogens is 488 g/mol. The number of anilines is 1. The molecule has 1 unspecified atom stereocenters. The predicted octanol–water partition coefficient (Wildman–Crippen LogP) is 3.76.